The molecule has 0 saturated carbocycles. The summed E-state index contributed by atoms with van der Waals surface area (Å²) in [7, 11) is 0. The van der Waals surface area contributed by atoms with E-state index in [9.17, 15) is 14.0 Å². The van der Waals surface area contributed by atoms with E-state index in [1.54, 1.807) is 12.1 Å². The summed E-state index contributed by atoms with van der Waals surface area (Å²) in [5, 5.41) is 11.7. The van der Waals surface area contributed by atoms with Crippen molar-refractivity contribution in [2.75, 3.05) is 19.6 Å². The number of carbonyl (C=O) groups is 2. The van der Waals surface area contributed by atoms with Crippen LogP contribution in [0.25, 0.3) is 0 Å². The van der Waals surface area contributed by atoms with Crippen molar-refractivity contribution in [3.05, 3.63) is 35.6 Å². The van der Waals surface area contributed by atoms with Gasteiger partial charge in [-0.1, -0.05) is 25.5 Å². The van der Waals surface area contributed by atoms with Crippen LogP contribution in [0.2, 0.25) is 0 Å². The molecule has 4 N–H and O–H groups in total. The Morgan fingerprint density at radius 3 is 2.63 bits per heavy atom. The van der Waals surface area contributed by atoms with Gasteiger partial charge >= 0.3 is 6.03 Å². The average molecular weight is 401 g/mol. The molecule has 2 rings (SSSR count). The second kappa shape index (κ2) is 12.5. The highest BCUT2D eigenvalue weighted by molar-refractivity contribution is 5.87. The van der Waals surface area contributed by atoms with Gasteiger partial charge in [0.2, 0.25) is 5.91 Å². The number of amides is 3. The number of carbonyl (C=O) groups excluding carboxylic acids is 2. The topological polar surface area (TPSA) is 82.3 Å². The molecule has 2 atom stereocenters. The fraction of sp³-hybridized carbons (Fsp3) is 0.579. The van der Waals surface area contributed by atoms with Crippen LogP contribution in [-0.2, 0) is 11.3 Å². The molecule has 8 heteroatoms. The van der Waals surface area contributed by atoms with E-state index in [0.717, 1.165) is 37.9 Å². The Balaban J connectivity index is 0.00000364. The van der Waals surface area contributed by atoms with Gasteiger partial charge in [0.25, 0.3) is 0 Å². The predicted octanol–water partition coefficient (Wildman–Crippen LogP) is 2.33. The molecule has 0 aromatic heterocycles. The molecule has 1 saturated heterocycles. The lowest BCUT2D eigenvalue weighted by Gasteiger charge is -2.19. The molecule has 1 heterocycles. The number of nitrogens with one attached hydrogen (secondary N) is 4. The Kier molecular flexibility index (Phi) is 10.7. The van der Waals surface area contributed by atoms with Crippen LogP contribution >= 0.6 is 12.4 Å². The minimum atomic E-state index is -0.546. The summed E-state index contributed by atoms with van der Waals surface area (Å²) >= 11 is 0. The van der Waals surface area contributed by atoms with Crippen LogP contribution in [0, 0.1) is 11.7 Å². The zero-order chi connectivity index (χ0) is 18.8. The molecule has 0 aliphatic carbocycles. The SMILES string of the molecule is CCCC(NC(=O)NCc1ccc(F)cc1)C(=O)NCCC1CCNC1.Cl. The zero-order valence-electron chi connectivity index (χ0n) is 15.7. The van der Waals surface area contributed by atoms with Gasteiger partial charge in [-0.3, -0.25) is 4.79 Å². The molecule has 27 heavy (non-hydrogen) atoms. The smallest absolute Gasteiger partial charge is 0.315 e. The standard InChI is InChI=1S/C19H29FN4O2.ClH/c1-2-3-17(18(25)22-11-9-15-8-10-21-12-15)24-19(26)23-13-14-4-6-16(20)7-5-14;/h4-7,15,17,21H,2-3,8-13H2,1H3,(H,22,25)(H2,23,24,26);1H. The van der Waals surface area contributed by atoms with E-state index >= 15 is 0 Å². The van der Waals surface area contributed by atoms with E-state index in [0.29, 0.717) is 18.9 Å². The van der Waals surface area contributed by atoms with Crippen LogP contribution < -0.4 is 21.3 Å². The van der Waals surface area contributed by atoms with E-state index in [-0.39, 0.29) is 30.7 Å². The highest BCUT2D eigenvalue weighted by atomic mass is 35.5. The molecule has 1 aromatic rings. The maximum Gasteiger partial charge on any atom is 0.315 e. The molecular weight excluding hydrogens is 371 g/mol. The lowest BCUT2D eigenvalue weighted by atomic mass is 10.1. The van der Waals surface area contributed by atoms with Crippen molar-refractivity contribution in [3.63, 3.8) is 0 Å². The van der Waals surface area contributed by atoms with Crippen molar-refractivity contribution in [2.24, 2.45) is 5.92 Å². The third-order valence-electron chi connectivity index (χ3n) is 4.58. The quantitative estimate of drug-likeness (QED) is 0.513. The number of halogens is 2. The van der Waals surface area contributed by atoms with Gasteiger partial charge in [-0.15, -0.1) is 12.4 Å². The first kappa shape index (κ1) is 23.2. The van der Waals surface area contributed by atoms with Crippen LogP contribution in [0.15, 0.2) is 24.3 Å². The summed E-state index contributed by atoms with van der Waals surface area (Å²) in [6, 6.07) is 4.98. The predicted molar refractivity (Wildman–Crippen MR) is 106 cm³/mol. The van der Waals surface area contributed by atoms with Gasteiger partial charge in [-0.25, -0.2) is 9.18 Å². The average Bonchev–Trinajstić information content (AvgIpc) is 3.14. The fourth-order valence-corrected chi connectivity index (χ4v) is 3.03. The van der Waals surface area contributed by atoms with Gasteiger partial charge in [-0.05, 0) is 56.0 Å². The molecule has 3 amide bonds. The molecule has 1 aromatic carbocycles. The molecule has 0 spiro atoms. The third kappa shape index (κ3) is 8.58. The minimum absolute atomic E-state index is 0. The van der Waals surface area contributed by atoms with Crippen LogP contribution in [-0.4, -0.2) is 37.6 Å². The van der Waals surface area contributed by atoms with Gasteiger partial charge in [0.1, 0.15) is 11.9 Å². The molecule has 1 aliphatic rings. The van der Waals surface area contributed by atoms with Crippen molar-refractivity contribution in [1.29, 1.82) is 0 Å². The highest BCUT2D eigenvalue weighted by Gasteiger charge is 2.20. The zero-order valence-corrected chi connectivity index (χ0v) is 16.5. The van der Waals surface area contributed by atoms with E-state index < -0.39 is 12.1 Å². The summed E-state index contributed by atoms with van der Waals surface area (Å²) in [5.41, 5.74) is 0.795. The summed E-state index contributed by atoms with van der Waals surface area (Å²) in [6.45, 7) is 4.94. The first-order chi connectivity index (χ1) is 12.6. The number of rotatable bonds is 9. The first-order valence-corrected chi connectivity index (χ1v) is 9.35. The van der Waals surface area contributed by atoms with E-state index in [1.165, 1.54) is 12.1 Å². The third-order valence-corrected chi connectivity index (χ3v) is 4.58. The van der Waals surface area contributed by atoms with Gasteiger partial charge < -0.3 is 21.3 Å². The lowest BCUT2D eigenvalue weighted by Crippen LogP contribution is -2.50. The summed E-state index contributed by atoms with van der Waals surface area (Å²) in [5.74, 6) is 0.160. The van der Waals surface area contributed by atoms with Crippen LogP contribution in [0.5, 0.6) is 0 Å². The Labute approximate surface area is 166 Å². The van der Waals surface area contributed by atoms with E-state index in [2.05, 4.69) is 21.3 Å². The van der Waals surface area contributed by atoms with Gasteiger partial charge in [0.05, 0.1) is 0 Å². The Bertz CT molecular complexity index is 580. The largest absolute Gasteiger partial charge is 0.354 e. The second-order valence-electron chi connectivity index (χ2n) is 6.73. The first-order valence-electron chi connectivity index (χ1n) is 9.35. The van der Waals surface area contributed by atoms with Crippen molar-refractivity contribution in [1.82, 2.24) is 21.3 Å². The van der Waals surface area contributed by atoms with E-state index in [1.807, 2.05) is 6.92 Å². The van der Waals surface area contributed by atoms with E-state index in [4.69, 9.17) is 0 Å². The lowest BCUT2D eigenvalue weighted by molar-refractivity contribution is -0.123. The van der Waals surface area contributed by atoms with Crippen LogP contribution in [0.4, 0.5) is 9.18 Å². The molecule has 152 valence electrons. The van der Waals surface area contributed by atoms with Gasteiger partial charge in [0, 0.05) is 13.1 Å². The maximum atomic E-state index is 12.9. The van der Waals surface area contributed by atoms with Crippen LogP contribution in [0.1, 0.15) is 38.2 Å². The molecule has 2 unspecified atom stereocenters. The maximum absolute atomic E-state index is 12.9. The fourth-order valence-electron chi connectivity index (χ4n) is 3.03. The molecule has 1 fully saturated rings. The summed E-state index contributed by atoms with van der Waals surface area (Å²) in [6.07, 6.45) is 3.48. The van der Waals surface area contributed by atoms with Crippen LogP contribution in [0.3, 0.4) is 0 Å². The molecule has 0 radical (unpaired) electrons. The molecular formula is C19H30ClFN4O2. The number of urea groups is 1. The number of hydrogen-bond acceptors (Lipinski definition) is 3. The number of hydrogen-bond donors (Lipinski definition) is 4. The van der Waals surface area contributed by atoms with Gasteiger partial charge in [-0.2, -0.15) is 0 Å². The highest BCUT2D eigenvalue weighted by Crippen LogP contribution is 2.10. The van der Waals surface area contributed by atoms with Crippen molar-refractivity contribution < 1.29 is 14.0 Å². The molecule has 6 nitrogen and oxygen atoms in total. The van der Waals surface area contributed by atoms with Crippen molar-refractivity contribution >= 4 is 24.3 Å². The monoisotopic (exact) mass is 400 g/mol. The Morgan fingerprint density at radius 2 is 2.00 bits per heavy atom. The molecule has 0 bridgehead atoms. The van der Waals surface area contributed by atoms with Crippen molar-refractivity contribution in [3.8, 4) is 0 Å². The van der Waals surface area contributed by atoms with Gasteiger partial charge in [0.15, 0.2) is 0 Å². The Morgan fingerprint density at radius 1 is 1.26 bits per heavy atom. The normalized spacial score (nSPS) is 16.9. The van der Waals surface area contributed by atoms with Crippen molar-refractivity contribution in [2.45, 2.75) is 45.2 Å². The summed E-state index contributed by atoms with van der Waals surface area (Å²) < 4.78 is 12.9. The number of benzene rings is 1. The Hall–Kier alpha value is -1.86. The summed E-state index contributed by atoms with van der Waals surface area (Å²) in [4.78, 5) is 24.4. The minimum Gasteiger partial charge on any atom is -0.354 e. The second-order valence-corrected chi connectivity index (χ2v) is 6.73. The molecule has 1 aliphatic heterocycles.